The van der Waals surface area contributed by atoms with Gasteiger partial charge in [-0.1, -0.05) is 23.7 Å². The molecule has 1 N–H and O–H groups in total. The molecule has 2 amide bonds. The number of anilines is 1. The van der Waals surface area contributed by atoms with Crippen LogP contribution in [0.3, 0.4) is 0 Å². The average molecular weight is 336 g/mol. The highest BCUT2D eigenvalue weighted by Crippen LogP contribution is 2.29. The second-order valence-electron chi connectivity index (χ2n) is 5.51. The molecule has 0 saturated carbocycles. The van der Waals surface area contributed by atoms with Crippen molar-refractivity contribution in [2.75, 3.05) is 12.4 Å². The van der Waals surface area contributed by atoms with Gasteiger partial charge in [0.2, 0.25) is 0 Å². The topological polar surface area (TPSA) is 45.2 Å². The third kappa shape index (κ3) is 3.59. The normalized spacial score (nSPS) is 13.5. The lowest BCUT2D eigenvalue weighted by Gasteiger charge is -2.17. The first kappa shape index (κ1) is 15.3. The quantitative estimate of drug-likeness (QED) is 0.906. The molecule has 22 heavy (non-hydrogen) atoms. The molecule has 2 aromatic rings. The average Bonchev–Trinajstić information content (AvgIpc) is 2.89. The van der Waals surface area contributed by atoms with Gasteiger partial charge >= 0.3 is 6.03 Å². The molecule has 0 unspecified atom stereocenters. The number of fused-ring (bicyclic) bond motifs is 1. The van der Waals surface area contributed by atoms with Crippen molar-refractivity contribution in [3.63, 3.8) is 0 Å². The number of aromatic nitrogens is 1. The van der Waals surface area contributed by atoms with Crippen LogP contribution in [0.15, 0.2) is 24.3 Å². The maximum atomic E-state index is 12.3. The van der Waals surface area contributed by atoms with Gasteiger partial charge in [-0.05, 0) is 43.4 Å². The van der Waals surface area contributed by atoms with Crippen LogP contribution in [-0.2, 0) is 19.4 Å². The zero-order valence-electron chi connectivity index (χ0n) is 12.4. The number of thiazole rings is 1. The molecule has 3 rings (SSSR count). The van der Waals surface area contributed by atoms with E-state index in [1.807, 2.05) is 24.3 Å². The molecule has 1 aliphatic carbocycles. The van der Waals surface area contributed by atoms with Gasteiger partial charge in [-0.25, -0.2) is 9.78 Å². The van der Waals surface area contributed by atoms with E-state index in [1.54, 1.807) is 23.3 Å². The van der Waals surface area contributed by atoms with E-state index in [0.29, 0.717) is 16.7 Å². The fourth-order valence-corrected chi connectivity index (χ4v) is 3.83. The minimum absolute atomic E-state index is 0.147. The van der Waals surface area contributed by atoms with Crippen LogP contribution < -0.4 is 5.32 Å². The van der Waals surface area contributed by atoms with E-state index in [0.717, 1.165) is 24.1 Å². The van der Waals surface area contributed by atoms with Crippen LogP contribution in [0, 0.1) is 0 Å². The summed E-state index contributed by atoms with van der Waals surface area (Å²) in [4.78, 5) is 19.7. The zero-order valence-corrected chi connectivity index (χ0v) is 14.0. The molecule has 0 saturated heterocycles. The summed E-state index contributed by atoms with van der Waals surface area (Å²) in [5, 5.41) is 4.28. The number of urea groups is 1. The number of carbonyl (C=O) groups excluding carboxylic acids is 1. The van der Waals surface area contributed by atoms with Gasteiger partial charge in [-0.2, -0.15) is 0 Å². The van der Waals surface area contributed by atoms with Crippen molar-refractivity contribution in [1.29, 1.82) is 0 Å². The third-order valence-electron chi connectivity index (χ3n) is 3.72. The molecule has 0 bridgehead atoms. The predicted molar refractivity (Wildman–Crippen MR) is 90.7 cm³/mol. The lowest BCUT2D eigenvalue weighted by Crippen LogP contribution is -2.30. The summed E-state index contributed by atoms with van der Waals surface area (Å²) in [6, 6.07) is 7.39. The first-order valence-corrected chi connectivity index (χ1v) is 8.56. The Hall–Kier alpha value is -1.59. The number of hydrogen-bond acceptors (Lipinski definition) is 3. The molecule has 4 nitrogen and oxygen atoms in total. The number of nitrogens with zero attached hydrogens (tertiary/aromatic N) is 2. The molecule has 1 aromatic heterocycles. The van der Waals surface area contributed by atoms with Crippen LogP contribution >= 0.6 is 22.9 Å². The fraction of sp³-hybridized carbons (Fsp3) is 0.375. The number of carbonyl (C=O) groups is 1. The lowest BCUT2D eigenvalue weighted by molar-refractivity contribution is 0.220. The van der Waals surface area contributed by atoms with Crippen LogP contribution in [0.2, 0.25) is 5.02 Å². The van der Waals surface area contributed by atoms with E-state index < -0.39 is 0 Å². The molecule has 1 aromatic carbocycles. The molecule has 0 spiro atoms. The second kappa shape index (κ2) is 6.67. The number of amides is 2. The molecule has 0 atom stereocenters. The number of aryl methyl sites for hydroxylation is 2. The van der Waals surface area contributed by atoms with Gasteiger partial charge in [0.05, 0.1) is 5.69 Å². The maximum absolute atomic E-state index is 12.3. The summed E-state index contributed by atoms with van der Waals surface area (Å²) in [5.41, 5.74) is 2.16. The molecule has 0 fully saturated rings. The highest BCUT2D eigenvalue weighted by atomic mass is 35.5. The monoisotopic (exact) mass is 335 g/mol. The van der Waals surface area contributed by atoms with Gasteiger partial charge in [0.1, 0.15) is 0 Å². The van der Waals surface area contributed by atoms with Crippen molar-refractivity contribution in [3.8, 4) is 0 Å². The predicted octanol–water partition coefficient (Wildman–Crippen LogP) is 4.34. The van der Waals surface area contributed by atoms with E-state index in [9.17, 15) is 4.79 Å². The van der Waals surface area contributed by atoms with E-state index in [-0.39, 0.29) is 6.03 Å². The van der Waals surface area contributed by atoms with Crippen molar-refractivity contribution in [2.24, 2.45) is 0 Å². The van der Waals surface area contributed by atoms with E-state index in [4.69, 9.17) is 11.6 Å². The van der Waals surface area contributed by atoms with Crippen LogP contribution in [-0.4, -0.2) is 23.0 Å². The Labute approximate surface area is 139 Å². The minimum atomic E-state index is -0.147. The van der Waals surface area contributed by atoms with E-state index in [1.165, 1.54) is 17.7 Å². The fourth-order valence-electron chi connectivity index (χ4n) is 2.57. The number of nitrogens with one attached hydrogen (secondary N) is 1. The van der Waals surface area contributed by atoms with Crippen LogP contribution in [0.4, 0.5) is 9.93 Å². The van der Waals surface area contributed by atoms with Gasteiger partial charge in [0.15, 0.2) is 5.13 Å². The van der Waals surface area contributed by atoms with E-state index >= 15 is 0 Å². The van der Waals surface area contributed by atoms with Gasteiger partial charge < -0.3 is 4.90 Å². The summed E-state index contributed by atoms with van der Waals surface area (Å²) >= 11 is 7.57. The van der Waals surface area contributed by atoms with E-state index in [2.05, 4.69) is 10.3 Å². The van der Waals surface area contributed by atoms with Gasteiger partial charge in [0, 0.05) is 23.5 Å². The molecule has 0 aliphatic heterocycles. The molecule has 116 valence electrons. The molecule has 6 heteroatoms. The van der Waals surface area contributed by atoms with Gasteiger partial charge in [0.25, 0.3) is 0 Å². The minimum Gasteiger partial charge on any atom is -0.323 e. The number of rotatable bonds is 3. The smallest absolute Gasteiger partial charge is 0.323 e. The Bertz CT molecular complexity index is 662. The van der Waals surface area contributed by atoms with Crippen molar-refractivity contribution in [3.05, 3.63) is 45.4 Å². The number of halogens is 1. The summed E-state index contributed by atoms with van der Waals surface area (Å²) in [6.45, 7) is 0.511. The molecular weight excluding hydrogens is 318 g/mol. The SMILES string of the molecule is CN(Cc1cccc(Cl)c1)C(=O)Nc1nc2c(s1)CCCC2. The second-order valence-corrected chi connectivity index (χ2v) is 7.03. The Balaban J connectivity index is 1.62. The highest BCUT2D eigenvalue weighted by Gasteiger charge is 2.17. The van der Waals surface area contributed by atoms with Crippen molar-refractivity contribution < 1.29 is 4.79 Å². The summed E-state index contributed by atoms with van der Waals surface area (Å²) < 4.78 is 0. The standard InChI is InChI=1S/C16H18ClN3OS/c1-20(10-11-5-4-6-12(17)9-11)16(21)19-15-18-13-7-2-3-8-14(13)22-15/h4-6,9H,2-3,7-8,10H2,1H3,(H,18,19,21). The van der Waals surface area contributed by atoms with Gasteiger partial charge in [-0.3, -0.25) is 5.32 Å². The van der Waals surface area contributed by atoms with Crippen molar-refractivity contribution >= 4 is 34.1 Å². The Morgan fingerprint density at radius 3 is 3.00 bits per heavy atom. The van der Waals surface area contributed by atoms with Crippen LogP contribution in [0.5, 0.6) is 0 Å². The number of benzene rings is 1. The van der Waals surface area contributed by atoms with Crippen molar-refractivity contribution in [1.82, 2.24) is 9.88 Å². The zero-order chi connectivity index (χ0) is 15.5. The largest absolute Gasteiger partial charge is 0.323 e. The summed E-state index contributed by atoms with van der Waals surface area (Å²) in [7, 11) is 1.77. The van der Waals surface area contributed by atoms with Crippen molar-refractivity contribution in [2.45, 2.75) is 32.2 Å². The molecule has 0 radical (unpaired) electrons. The number of hydrogen-bond donors (Lipinski definition) is 1. The highest BCUT2D eigenvalue weighted by molar-refractivity contribution is 7.15. The first-order chi connectivity index (χ1) is 10.6. The van der Waals surface area contributed by atoms with Crippen LogP contribution in [0.25, 0.3) is 0 Å². The molecular formula is C16H18ClN3OS. The molecule has 1 heterocycles. The lowest BCUT2D eigenvalue weighted by atomic mass is 10.0. The first-order valence-electron chi connectivity index (χ1n) is 7.37. The summed E-state index contributed by atoms with van der Waals surface area (Å²) in [5.74, 6) is 0. The Kier molecular flexibility index (Phi) is 4.64. The summed E-state index contributed by atoms with van der Waals surface area (Å²) in [6.07, 6.45) is 4.53. The third-order valence-corrected chi connectivity index (χ3v) is 5.02. The van der Waals surface area contributed by atoms with Gasteiger partial charge in [-0.15, -0.1) is 11.3 Å². The Morgan fingerprint density at radius 1 is 1.41 bits per heavy atom. The Morgan fingerprint density at radius 2 is 2.23 bits per heavy atom. The van der Waals surface area contributed by atoms with Crippen LogP contribution in [0.1, 0.15) is 29.0 Å². The maximum Gasteiger partial charge on any atom is 0.323 e. The molecule has 1 aliphatic rings.